The zero-order chi connectivity index (χ0) is 8.69. The Morgan fingerprint density at radius 1 is 1.45 bits per heavy atom. The number of aliphatic hydroxyl groups excluding tert-OH is 1. The molecule has 0 heterocycles. The van der Waals surface area contributed by atoms with E-state index in [4.69, 9.17) is 5.11 Å². The fraction of sp³-hybridized carbons (Fsp3) is 0.667. The Hall–Kier alpha value is -0.780. The molecule has 0 saturated carbocycles. The highest BCUT2D eigenvalue weighted by atomic mass is 16.7. The van der Waals surface area contributed by atoms with Crippen molar-refractivity contribution in [2.24, 2.45) is 0 Å². The average molecular weight is 162 g/mol. The predicted octanol–water partition coefficient (Wildman–Crippen LogP) is -1.27. The fourth-order valence-electron chi connectivity index (χ4n) is 0.434. The Morgan fingerprint density at radius 3 is 2.36 bits per heavy atom. The molecule has 0 rings (SSSR count). The van der Waals surface area contributed by atoms with E-state index in [1.807, 2.05) is 0 Å². The van der Waals surface area contributed by atoms with Crippen LogP contribution in [-0.2, 0) is 19.1 Å². The molecule has 0 aromatic carbocycles. The minimum absolute atomic E-state index is 0.395. The number of carbonyl (C=O) groups is 2. The zero-order valence-corrected chi connectivity index (χ0v) is 6.10. The topological polar surface area (TPSA) is 72.8 Å². The third kappa shape index (κ3) is 3.82. The van der Waals surface area contributed by atoms with Gasteiger partial charge in [-0.15, -0.1) is 0 Å². The fourth-order valence-corrected chi connectivity index (χ4v) is 0.434. The lowest BCUT2D eigenvalue weighted by molar-refractivity contribution is -0.169. The van der Waals surface area contributed by atoms with E-state index in [2.05, 4.69) is 9.47 Å². The van der Waals surface area contributed by atoms with Gasteiger partial charge in [-0.2, -0.15) is 0 Å². The first-order valence-electron chi connectivity index (χ1n) is 2.98. The van der Waals surface area contributed by atoms with Gasteiger partial charge in [0, 0.05) is 7.11 Å². The van der Waals surface area contributed by atoms with Crippen LogP contribution in [0.15, 0.2) is 0 Å². The van der Waals surface area contributed by atoms with Crippen molar-refractivity contribution in [3.05, 3.63) is 0 Å². The summed E-state index contributed by atoms with van der Waals surface area (Å²) in [5.41, 5.74) is 0. The molecule has 64 valence electrons. The van der Waals surface area contributed by atoms with E-state index in [0.29, 0.717) is 12.6 Å². The summed E-state index contributed by atoms with van der Waals surface area (Å²) < 4.78 is 9.11. The largest absolute Gasteiger partial charge is 0.393 e. The summed E-state index contributed by atoms with van der Waals surface area (Å²) in [6, 6.07) is 0. The van der Waals surface area contributed by atoms with Gasteiger partial charge in [-0.05, 0) is 0 Å². The molecule has 0 bridgehead atoms. The van der Waals surface area contributed by atoms with E-state index in [9.17, 15) is 9.59 Å². The van der Waals surface area contributed by atoms with Crippen molar-refractivity contribution in [3.8, 4) is 0 Å². The van der Waals surface area contributed by atoms with Gasteiger partial charge in [-0.25, -0.2) is 0 Å². The summed E-state index contributed by atoms with van der Waals surface area (Å²) in [4.78, 5) is 20.1. The van der Waals surface area contributed by atoms with Crippen LogP contribution in [0.25, 0.3) is 0 Å². The number of hydrogen-bond acceptors (Lipinski definition) is 5. The van der Waals surface area contributed by atoms with Crippen LogP contribution in [0.5, 0.6) is 0 Å². The first-order valence-corrected chi connectivity index (χ1v) is 2.98. The number of aldehydes is 2. The van der Waals surface area contributed by atoms with Crippen LogP contribution in [0.2, 0.25) is 0 Å². The summed E-state index contributed by atoms with van der Waals surface area (Å²) in [7, 11) is 1.26. The molecule has 0 fully saturated rings. The Bertz CT molecular complexity index is 110. The molecule has 0 radical (unpaired) electrons. The van der Waals surface area contributed by atoms with Crippen LogP contribution in [0.4, 0.5) is 0 Å². The summed E-state index contributed by atoms with van der Waals surface area (Å²) in [5.74, 6) is 0. The Kier molecular flexibility index (Phi) is 5.54. The third-order valence-electron chi connectivity index (χ3n) is 0.984. The Balaban J connectivity index is 3.76. The lowest BCUT2D eigenvalue weighted by Crippen LogP contribution is -2.28. The quantitative estimate of drug-likeness (QED) is 0.389. The van der Waals surface area contributed by atoms with Crippen molar-refractivity contribution < 1.29 is 24.2 Å². The molecule has 2 atom stereocenters. The molecule has 11 heavy (non-hydrogen) atoms. The summed E-state index contributed by atoms with van der Waals surface area (Å²) >= 11 is 0. The summed E-state index contributed by atoms with van der Waals surface area (Å²) in [5, 5.41) is 8.44. The number of aliphatic hydroxyl groups is 1. The third-order valence-corrected chi connectivity index (χ3v) is 0.984. The molecule has 5 nitrogen and oxygen atoms in total. The highest BCUT2D eigenvalue weighted by Crippen LogP contribution is 1.93. The van der Waals surface area contributed by atoms with Crippen molar-refractivity contribution in [3.63, 3.8) is 0 Å². The molecule has 0 aliphatic carbocycles. The van der Waals surface area contributed by atoms with Gasteiger partial charge in [0.25, 0.3) is 0 Å². The number of rotatable bonds is 6. The maximum absolute atomic E-state index is 10.1. The van der Waals surface area contributed by atoms with E-state index >= 15 is 0 Å². The molecule has 0 aromatic rings. The monoisotopic (exact) mass is 162 g/mol. The van der Waals surface area contributed by atoms with Gasteiger partial charge in [0.2, 0.25) is 6.29 Å². The van der Waals surface area contributed by atoms with Crippen molar-refractivity contribution in [2.75, 3.05) is 13.7 Å². The van der Waals surface area contributed by atoms with E-state index in [1.54, 1.807) is 0 Å². The van der Waals surface area contributed by atoms with E-state index in [-0.39, 0.29) is 0 Å². The molecule has 0 amide bonds. The Labute approximate surface area is 63.9 Å². The van der Waals surface area contributed by atoms with Crippen LogP contribution in [0.3, 0.4) is 0 Å². The molecule has 1 N–H and O–H groups in total. The minimum atomic E-state index is -1.09. The molecule has 0 spiro atoms. The highest BCUT2D eigenvalue weighted by molar-refractivity contribution is 5.58. The second kappa shape index (κ2) is 5.96. The molecule has 0 aliphatic rings. The number of methoxy groups -OCH3 is 1. The van der Waals surface area contributed by atoms with Gasteiger partial charge in [0.15, 0.2) is 12.6 Å². The number of ether oxygens (including phenoxy) is 2. The predicted molar refractivity (Wildman–Crippen MR) is 34.9 cm³/mol. The Morgan fingerprint density at radius 2 is 2.09 bits per heavy atom. The van der Waals surface area contributed by atoms with Gasteiger partial charge in [0.05, 0.1) is 6.61 Å². The van der Waals surface area contributed by atoms with Gasteiger partial charge in [-0.3, -0.25) is 4.79 Å². The van der Waals surface area contributed by atoms with E-state index in [0.717, 1.165) is 0 Å². The minimum Gasteiger partial charge on any atom is -0.393 e. The van der Waals surface area contributed by atoms with Gasteiger partial charge in [0.1, 0.15) is 6.10 Å². The first kappa shape index (κ1) is 10.2. The second-order valence-corrected chi connectivity index (χ2v) is 1.73. The molecular formula is C6H10O5. The molecule has 0 unspecified atom stereocenters. The number of hydrogen-bond donors (Lipinski definition) is 1. The van der Waals surface area contributed by atoms with Gasteiger partial charge in [-0.1, -0.05) is 0 Å². The maximum atomic E-state index is 10.1. The lowest BCUT2D eigenvalue weighted by Gasteiger charge is -2.12. The average Bonchev–Trinajstić information content (AvgIpc) is 2.07. The molecular weight excluding hydrogens is 152 g/mol. The summed E-state index contributed by atoms with van der Waals surface area (Å²) in [6.45, 7) is -0.461. The second-order valence-electron chi connectivity index (χ2n) is 1.73. The van der Waals surface area contributed by atoms with Crippen molar-refractivity contribution >= 4 is 12.6 Å². The van der Waals surface area contributed by atoms with Crippen molar-refractivity contribution in [1.29, 1.82) is 0 Å². The SMILES string of the molecule is CO[C@H](C=O)O[C@H](C=O)CO. The highest BCUT2D eigenvalue weighted by Gasteiger charge is 2.12. The van der Waals surface area contributed by atoms with Crippen LogP contribution in [-0.4, -0.2) is 43.8 Å². The van der Waals surface area contributed by atoms with Crippen molar-refractivity contribution in [1.82, 2.24) is 0 Å². The van der Waals surface area contributed by atoms with Gasteiger partial charge >= 0.3 is 0 Å². The molecule has 0 saturated heterocycles. The molecule has 5 heteroatoms. The summed E-state index contributed by atoms with van der Waals surface area (Å²) in [6.07, 6.45) is -1.29. The van der Waals surface area contributed by atoms with Crippen molar-refractivity contribution in [2.45, 2.75) is 12.4 Å². The van der Waals surface area contributed by atoms with Crippen LogP contribution in [0.1, 0.15) is 0 Å². The number of carbonyl (C=O) groups excluding carboxylic acids is 2. The molecule has 0 aromatic heterocycles. The maximum Gasteiger partial charge on any atom is 0.215 e. The van der Waals surface area contributed by atoms with Crippen LogP contribution >= 0.6 is 0 Å². The lowest BCUT2D eigenvalue weighted by atomic mass is 10.4. The molecule has 0 aliphatic heterocycles. The normalized spacial score (nSPS) is 15.5. The van der Waals surface area contributed by atoms with E-state index < -0.39 is 19.0 Å². The van der Waals surface area contributed by atoms with Crippen LogP contribution < -0.4 is 0 Å². The zero-order valence-electron chi connectivity index (χ0n) is 6.10. The standard InChI is InChI=1S/C6H10O5/c1-10-6(4-9)11-5(2-7)3-8/h2,4-6,8H,3H2,1H3/t5-,6+/m1/s1. The van der Waals surface area contributed by atoms with Crippen LogP contribution in [0, 0.1) is 0 Å². The van der Waals surface area contributed by atoms with E-state index in [1.165, 1.54) is 7.11 Å². The smallest absolute Gasteiger partial charge is 0.215 e. The van der Waals surface area contributed by atoms with Gasteiger partial charge < -0.3 is 19.4 Å². The first-order chi connectivity index (χ1) is 5.28.